The van der Waals surface area contributed by atoms with Crippen molar-refractivity contribution in [2.24, 2.45) is 4.99 Å². The van der Waals surface area contributed by atoms with Crippen molar-refractivity contribution >= 4 is 69.4 Å². The molecule has 0 atom stereocenters. The Morgan fingerprint density at radius 1 is 0.676 bits per heavy atom. The number of benzene rings is 4. The van der Waals surface area contributed by atoms with Gasteiger partial charge in [0, 0.05) is 26.1 Å². The summed E-state index contributed by atoms with van der Waals surface area (Å²) in [6.45, 7) is 0. The van der Waals surface area contributed by atoms with Crippen LogP contribution in [0.1, 0.15) is 5.56 Å². The molecule has 4 rings (SSSR count). The van der Waals surface area contributed by atoms with Gasteiger partial charge in [-0.2, -0.15) is 0 Å². The smallest absolute Gasteiger partial charge is 0.190 e. The highest BCUT2D eigenvalue weighted by Crippen LogP contribution is 2.55. The molecular weight excluding hydrogens is 524 g/mol. The molecule has 170 valence electrons. The SMILES string of the molecule is O=P(C(/N=C(\Sc1ccc(Cl)cc1)c1ccccc1)=C(Cl)Cl)(c1ccccc1)c1ccccc1. The zero-order valence-corrected chi connectivity index (χ0v) is 21.8. The molecule has 0 radical (unpaired) electrons. The van der Waals surface area contributed by atoms with Crippen LogP contribution in [-0.4, -0.2) is 5.04 Å². The molecule has 4 aromatic rings. The fourth-order valence-electron chi connectivity index (χ4n) is 3.34. The van der Waals surface area contributed by atoms with E-state index in [1.54, 1.807) is 0 Å². The summed E-state index contributed by atoms with van der Waals surface area (Å²) in [6.07, 6.45) is 0. The van der Waals surface area contributed by atoms with Gasteiger partial charge in [-0.25, -0.2) is 4.99 Å². The van der Waals surface area contributed by atoms with Crippen LogP contribution in [-0.2, 0) is 4.57 Å². The summed E-state index contributed by atoms with van der Waals surface area (Å²) in [4.78, 5) is 5.81. The maximum Gasteiger partial charge on any atom is 0.190 e. The molecule has 0 N–H and O–H groups in total. The number of rotatable bonds is 6. The van der Waals surface area contributed by atoms with Crippen LogP contribution >= 0.6 is 53.7 Å². The van der Waals surface area contributed by atoms with E-state index in [2.05, 4.69) is 0 Å². The number of hydrogen-bond donors (Lipinski definition) is 0. The number of thioether (sulfide) groups is 1. The molecule has 0 bridgehead atoms. The normalized spacial score (nSPS) is 11.8. The average Bonchev–Trinajstić information content (AvgIpc) is 2.88. The van der Waals surface area contributed by atoms with Gasteiger partial charge < -0.3 is 4.57 Å². The first-order valence-electron chi connectivity index (χ1n) is 10.3. The Morgan fingerprint density at radius 3 is 1.62 bits per heavy atom. The van der Waals surface area contributed by atoms with Crippen molar-refractivity contribution in [2.45, 2.75) is 4.90 Å². The van der Waals surface area contributed by atoms with Gasteiger partial charge in [0.25, 0.3) is 0 Å². The van der Waals surface area contributed by atoms with Gasteiger partial charge in [0.2, 0.25) is 0 Å². The zero-order chi connectivity index (χ0) is 24.0. The van der Waals surface area contributed by atoms with Crippen LogP contribution in [0.2, 0.25) is 5.02 Å². The Bertz CT molecular complexity index is 1310. The van der Waals surface area contributed by atoms with E-state index in [1.165, 1.54) is 11.8 Å². The van der Waals surface area contributed by atoms with Gasteiger partial charge in [-0.15, -0.1) is 0 Å². The van der Waals surface area contributed by atoms with Gasteiger partial charge in [0.15, 0.2) is 7.14 Å². The molecule has 0 aliphatic rings. The summed E-state index contributed by atoms with van der Waals surface area (Å²) in [5.74, 6) is 0. The molecular formula is C27H19Cl3NOPS. The van der Waals surface area contributed by atoms with Gasteiger partial charge in [0.05, 0.1) is 0 Å². The molecule has 0 fully saturated rings. The van der Waals surface area contributed by atoms with Gasteiger partial charge in [-0.05, 0) is 24.3 Å². The molecule has 4 aromatic carbocycles. The lowest BCUT2D eigenvalue weighted by Gasteiger charge is -2.21. The van der Waals surface area contributed by atoms with Crippen LogP contribution in [0, 0.1) is 0 Å². The maximum absolute atomic E-state index is 14.9. The van der Waals surface area contributed by atoms with E-state index >= 15 is 0 Å². The lowest BCUT2D eigenvalue weighted by molar-refractivity contribution is 0.590. The maximum atomic E-state index is 14.9. The second-order valence-corrected chi connectivity index (χ2v) is 12.3. The van der Waals surface area contributed by atoms with E-state index < -0.39 is 7.14 Å². The monoisotopic (exact) mass is 541 g/mol. The van der Waals surface area contributed by atoms with E-state index in [1.807, 2.05) is 115 Å². The van der Waals surface area contributed by atoms with Crippen LogP contribution in [0.15, 0.2) is 135 Å². The Morgan fingerprint density at radius 2 is 1.15 bits per heavy atom. The number of halogens is 3. The summed E-state index contributed by atoms with van der Waals surface area (Å²) in [7, 11) is -3.48. The third-order valence-electron chi connectivity index (χ3n) is 4.96. The molecule has 0 spiro atoms. The molecule has 0 aromatic heterocycles. The van der Waals surface area contributed by atoms with Crippen molar-refractivity contribution in [1.82, 2.24) is 0 Å². The number of hydrogen-bond acceptors (Lipinski definition) is 3. The highest BCUT2D eigenvalue weighted by molar-refractivity contribution is 8.14. The predicted molar refractivity (Wildman–Crippen MR) is 149 cm³/mol. The minimum Gasteiger partial charge on any atom is -0.307 e. The van der Waals surface area contributed by atoms with Gasteiger partial charge in [-0.1, -0.05) is 138 Å². The number of nitrogens with zero attached hydrogens (tertiary/aromatic N) is 1. The minimum atomic E-state index is -3.48. The highest BCUT2D eigenvalue weighted by Gasteiger charge is 2.34. The van der Waals surface area contributed by atoms with Gasteiger partial charge >= 0.3 is 0 Å². The van der Waals surface area contributed by atoms with E-state index in [0.717, 1.165) is 10.5 Å². The van der Waals surface area contributed by atoms with Crippen LogP contribution in [0.5, 0.6) is 0 Å². The molecule has 34 heavy (non-hydrogen) atoms. The van der Waals surface area contributed by atoms with Crippen LogP contribution in [0.25, 0.3) is 0 Å². The van der Waals surface area contributed by atoms with Crippen molar-refractivity contribution < 1.29 is 4.57 Å². The van der Waals surface area contributed by atoms with Crippen LogP contribution in [0.4, 0.5) is 0 Å². The van der Waals surface area contributed by atoms with E-state index in [0.29, 0.717) is 20.7 Å². The molecule has 0 amide bonds. The predicted octanol–water partition coefficient (Wildman–Crippen LogP) is 8.50. The molecule has 0 aliphatic heterocycles. The second-order valence-electron chi connectivity index (χ2n) is 7.20. The molecule has 0 aliphatic carbocycles. The summed E-state index contributed by atoms with van der Waals surface area (Å²) in [5, 5.41) is 2.46. The minimum absolute atomic E-state index is 0.133. The molecule has 0 saturated heterocycles. The fourth-order valence-corrected chi connectivity index (χ4v) is 7.67. The average molecular weight is 543 g/mol. The molecule has 0 heterocycles. The quantitative estimate of drug-likeness (QED) is 0.106. The third-order valence-corrected chi connectivity index (χ3v) is 9.84. The van der Waals surface area contributed by atoms with Crippen molar-refractivity contribution in [3.63, 3.8) is 0 Å². The summed E-state index contributed by atoms with van der Waals surface area (Å²) < 4.78 is 14.7. The lowest BCUT2D eigenvalue weighted by atomic mass is 10.2. The summed E-state index contributed by atoms with van der Waals surface area (Å²) >= 11 is 20.3. The fraction of sp³-hybridized carbons (Fsp3) is 0. The Kier molecular flexibility index (Phi) is 8.37. The van der Waals surface area contributed by atoms with Gasteiger partial charge in [-0.3, -0.25) is 0 Å². The van der Waals surface area contributed by atoms with Crippen molar-refractivity contribution in [3.8, 4) is 0 Å². The van der Waals surface area contributed by atoms with Crippen molar-refractivity contribution in [3.05, 3.63) is 136 Å². The Hall–Kier alpha value is -2.26. The largest absolute Gasteiger partial charge is 0.307 e. The van der Waals surface area contributed by atoms with Crippen LogP contribution in [0.3, 0.4) is 0 Å². The highest BCUT2D eigenvalue weighted by atomic mass is 35.5. The molecule has 2 nitrogen and oxygen atoms in total. The Labute approximate surface area is 218 Å². The molecule has 0 saturated carbocycles. The first-order valence-corrected chi connectivity index (χ1v) is 14.0. The Balaban J connectivity index is 1.93. The topological polar surface area (TPSA) is 29.4 Å². The van der Waals surface area contributed by atoms with E-state index in [-0.39, 0.29) is 9.93 Å². The molecule has 0 unspecified atom stereocenters. The zero-order valence-electron chi connectivity index (χ0n) is 17.8. The first kappa shape index (κ1) is 24.9. The number of aliphatic imine (C=N–C) groups is 1. The standard InChI is InChI=1S/C27H19Cl3NOPS/c28-21-16-18-24(19-17-21)34-27(20-10-4-1-5-11-20)31-26(25(29)30)33(32,22-12-6-2-7-13-22)23-14-8-3-9-15-23/h1-19H/b31-27-. The van der Waals surface area contributed by atoms with E-state index in [4.69, 9.17) is 39.8 Å². The lowest BCUT2D eigenvalue weighted by Crippen LogP contribution is -2.17. The molecule has 7 heteroatoms. The third kappa shape index (κ3) is 5.68. The van der Waals surface area contributed by atoms with E-state index in [9.17, 15) is 4.57 Å². The summed E-state index contributed by atoms with van der Waals surface area (Å²) in [5.41, 5.74) is 0.982. The van der Waals surface area contributed by atoms with Gasteiger partial charge in [0.1, 0.15) is 15.0 Å². The summed E-state index contributed by atoms with van der Waals surface area (Å²) in [6, 6.07) is 35.5. The van der Waals surface area contributed by atoms with Crippen LogP contribution < -0.4 is 10.6 Å². The second kappa shape index (κ2) is 11.4. The van der Waals surface area contributed by atoms with Crippen molar-refractivity contribution in [2.75, 3.05) is 0 Å². The van der Waals surface area contributed by atoms with Crippen molar-refractivity contribution in [1.29, 1.82) is 0 Å². The first-order chi connectivity index (χ1) is 16.5.